The molecule has 2 heterocycles. The smallest absolute Gasteiger partial charge is 0.347 e. The zero-order valence-electron chi connectivity index (χ0n) is 8.95. The lowest BCUT2D eigenvalue weighted by Gasteiger charge is -2.12. The van der Waals surface area contributed by atoms with Crippen molar-refractivity contribution in [3.8, 4) is 5.88 Å². The predicted octanol–water partition coefficient (Wildman–Crippen LogP) is -0.186. The van der Waals surface area contributed by atoms with E-state index in [1.54, 1.807) is 12.1 Å². The highest BCUT2D eigenvalue weighted by Crippen LogP contribution is 2.21. The van der Waals surface area contributed by atoms with Gasteiger partial charge in [0.1, 0.15) is 0 Å². The zero-order valence-corrected chi connectivity index (χ0v) is 8.95. The number of hydrogen-bond acceptors (Lipinski definition) is 4. The van der Waals surface area contributed by atoms with Crippen LogP contribution in [0.4, 0.5) is 0 Å². The largest absolute Gasteiger partial charge is 0.493 e. The van der Waals surface area contributed by atoms with Gasteiger partial charge in [-0.2, -0.15) is 9.69 Å². The number of hydrogen-bond donors (Lipinski definition) is 2. The second kappa shape index (κ2) is 3.33. The first kappa shape index (κ1) is 10.3. The van der Waals surface area contributed by atoms with Crippen LogP contribution in [0.5, 0.6) is 5.88 Å². The Bertz CT molecular complexity index is 693. The lowest BCUT2D eigenvalue weighted by Crippen LogP contribution is -2.44. The molecule has 0 spiro atoms. The average molecular weight is 245 g/mol. The number of amides is 2. The highest BCUT2D eigenvalue weighted by molar-refractivity contribution is 6.30. The van der Waals surface area contributed by atoms with Crippen LogP contribution in [0.25, 0.3) is 0 Å². The normalized spacial score (nSPS) is 14.1. The van der Waals surface area contributed by atoms with Crippen molar-refractivity contribution in [3.63, 3.8) is 0 Å². The molecular formula is C11H7N3O4. The van der Waals surface area contributed by atoms with Gasteiger partial charge in [0.05, 0.1) is 17.3 Å². The third-order valence-corrected chi connectivity index (χ3v) is 2.68. The summed E-state index contributed by atoms with van der Waals surface area (Å²) in [6.07, 6.45) is 0.976. The summed E-state index contributed by atoms with van der Waals surface area (Å²) >= 11 is 0. The molecule has 0 aliphatic carbocycles. The molecule has 2 amide bonds. The molecule has 90 valence electrons. The first-order valence-electron chi connectivity index (χ1n) is 5.08. The van der Waals surface area contributed by atoms with Crippen LogP contribution in [-0.4, -0.2) is 26.6 Å². The quantitative estimate of drug-likeness (QED) is 0.681. The topological polar surface area (TPSA) is 95.4 Å². The molecule has 0 atom stereocenters. The van der Waals surface area contributed by atoms with Crippen LogP contribution in [0.1, 0.15) is 20.7 Å². The molecule has 2 N–H and O–H groups in total. The molecule has 0 saturated heterocycles. The van der Waals surface area contributed by atoms with Crippen molar-refractivity contribution < 1.29 is 14.7 Å². The molecule has 0 unspecified atom stereocenters. The van der Waals surface area contributed by atoms with Gasteiger partial charge >= 0.3 is 5.69 Å². The number of imidazole rings is 1. The Morgan fingerprint density at radius 3 is 2.00 bits per heavy atom. The summed E-state index contributed by atoms with van der Waals surface area (Å²) in [4.78, 5) is 37.6. The van der Waals surface area contributed by atoms with Crippen LogP contribution >= 0.6 is 0 Å². The van der Waals surface area contributed by atoms with Gasteiger partial charge in [-0.25, -0.2) is 4.79 Å². The Labute approximate surface area is 99.9 Å². The van der Waals surface area contributed by atoms with E-state index in [1.165, 1.54) is 12.1 Å². The highest BCUT2D eigenvalue weighted by Gasteiger charge is 2.37. The molecule has 2 aromatic rings. The summed E-state index contributed by atoms with van der Waals surface area (Å²) in [6, 6.07) is 6.27. The van der Waals surface area contributed by atoms with Crippen LogP contribution < -0.4 is 10.7 Å². The van der Waals surface area contributed by atoms with E-state index < -0.39 is 23.4 Å². The van der Waals surface area contributed by atoms with Crippen molar-refractivity contribution in [2.45, 2.75) is 0 Å². The van der Waals surface area contributed by atoms with E-state index >= 15 is 0 Å². The number of H-pyrrole nitrogens is 1. The molecule has 0 bridgehead atoms. The first-order chi connectivity index (χ1) is 8.59. The zero-order chi connectivity index (χ0) is 12.9. The van der Waals surface area contributed by atoms with Gasteiger partial charge in [-0.15, -0.1) is 0 Å². The Morgan fingerprint density at radius 2 is 1.56 bits per heavy atom. The van der Waals surface area contributed by atoms with E-state index in [0.29, 0.717) is 5.01 Å². The van der Waals surface area contributed by atoms with Crippen LogP contribution in [0.3, 0.4) is 0 Å². The maximum Gasteiger partial charge on any atom is 0.347 e. The highest BCUT2D eigenvalue weighted by atomic mass is 16.3. The van der Waals surface area contributed by atoms with E-state index in [9.17, 15) is 14.4 Å². The number of aromatic hydroxyl groups is 1. The lowest BCUT2D eigenvalue weighted by molar-refractivity contribution is 0.0884. The summed E-state index contributed by atoms with van der Waals surface area (Å²) < 4.78 is 0.750. The minimum atomic E-state index is -0.762. The van der Waals surface area contributed by atoms with Gasteiger partial charge in [0, 0.05) is 0 Å². The third-order valence-electron chi connectivity index (χ3n) is 2.68. The van der Waals surface area contributed by atoms with E-state index in [-0.39, 0.29) is 11.1 Å². The Hall–Kier alpha value is -2.83. The number of benzene rings is 1. The number of nitrogens with zero attached hydrogens (tertiary/aromatic N) is 2. The minimum absolute atomic E-state index is 0.232. The average Bonchev–Trinajstić information content (AvgIpc) is 2.79. The molecule has 3 rings (SSSR count). The fourth-order valence-corrected chi connectivity index (χ4v) is 1.89. The fraction of sp³-hybridized carbons (Fsp3) is 0. The molecule has 7 nitrogen and oxygen atoms in total. The number of aromatic nitrogens is 2. The summed E-state index contributed by atoms with van der Waals surface area (Å²) in [5, 5.41) is 9.84. The van der Waals surface area contributed by atoms with Gasteiger partial charge in [-0.1, -0.05) is 12.1 Å². The molecule has 1 aromatic heterocycles. The van der Waals surface area contributed by atoms with Crippen LogP contribution in [0.2, 0.25) is 0 Å². The van der Waals surface area contributed by atoms with Crippen LogP contribution in [-0.2, 0) is 0 Å². The molecule has 0 fully saturated rings. The molecule has 0 radical (unpaired) electrons. The maximum atomic E-state index is 12.0. The molecule has 18 heavy (non-hydrogen) atoms. The van der Waals surface area contributed by atoms with E-state index in [0.717, 1.165) is 10.9 Å². The minimum Gasteiger partial charge on any atom is -0.493 e. The standard InChI is InChI=1S/C11H7N3O4/c15-8-5-13(11(18)12-8)14-9(16)6-3-1-2-4-7(6)10(14)17/h1-5,15H,(H,12,18). The van der Waals surface area contributed by atoms with Crippen molar-refractivity contribution in [3.05, 3.63) is 52.1 Å². The number of nitrogens with one attached hydrogen (secondary N) is 1. The summed E-state index contributed by atoms with van der Waals surface area (Å²) in [5.41, 5.74) is -0.299. The van der Waals surface area contributed by atoms with Crippen molar-refractivity contribution in [1.82, 2.24) is 9.66 Å². The molecule has 7 heteroatoms. The van der Waals surface area contributed by atoms with Crippen molar-refractivity contribution in [2.75, 3.05) is 5.01 Å². The number of aromatic amines is 1. The molecule has 1 aliphatic rings. The third kappa shape index (κ3) is 1.21. The Balaban J connectivity index is 2.18. The number of fused-ring (bicyclic) bond motifs is 1. The SMILES string of the molecule is O=C1c2ccccc2C(=O)N1n1cc(O)[nH]c1=O. The number of imide groups is 1. The second-order valence-electron chi connectivity index (χ2n) is 3.76. The molecule has 1 aliphatic heterocycles. The summed E-state index contributed by atoms with van der Waals surface area (Å²) in [5.74, 6) is -1.62. The van der Waals surface area contributed by atoms with Gasteiger partial charge in [-0.3, -0.25) is 14.6 Å². The monoisotopic (exact) mass is 245 g/mol. The van der Waals surface area contributed by atoms with E-state index in [2.05, 4.69) is 4.98 Å². The van der Waals surface area contributed by atoms with Gasteiger partial charge in [-0.05, 0) is 12.1 Å². The Morgan fingerprint density at radius 1 is 1.00 bits per heavy atom. The van der Waals surface area contributed by atoms with Crippen molar-refractivity contribution in [2.24, 2.45) is 0 Å². The summed E-state index contributed by atoms with van der Waals surface area (Å²) in [6.45, 7) is 0. The van der Waals surface area contributed by atoms with Gasteiger partial charge in [0.15, 0.2) is 0 Å². The number of carbonyl (C=O) groups is 2. The van der Waals surface area contributed by atoms with Crippen molar-refractivity contribution in [1.29, 1.82) is 0 Å². The summed E-state index contributed by atoms with van der Waals surface area (Å²) in [7, 11) is 0. The van der Waals surface area contributed by atoms with Gasteiger partial charge < -0.3 is 5.11 Å². The Kier molecular flexibility index (Phi) is 1.91. The first-order valence-corrected chi connectivity index (χ1v) is 5.08. The van der Waals surface area contributed by atoms with Crippen molar-refractivity contribution >= 4 is 11.8 Å². The lowest BCUT2D eigenvalue weighted by atomic mass is 10.1. The predicted molar refractivity (Wildman–Crippen MR) is 60.0 cm³/mol. The van der Waals surface area contributed by atoms with Crippen LogP contribution in [0.15, 0.2) is 35.3 Å². The van der Waals surface area contributed by atoms with E-state index in [1.807, 2.05) is 0 Å². The van der Waals surface area contributed by atoms with Gasteiger partial charge in [0.25, 0.3) is 11.8 Å². The van der Waals surface area contributed by atoms with E-state index in [4.69, 9.17) is 5.11 Å². The molecule has 0 saturated carbocycles. The number of rotatable bonds is 1. The van der Waals surface area contributed by atoms with Gasteiger partial charge in [0.2, 0.25) is 5.88 Å². The maximum absolute atomic E-state index is 12.0. The number of carbonyl (C=O) groups excluding carboxylic acids is 2. The molecular weight excluding hydrogens is 238 g/mol. The fourth-order valence-electron chi connectivity index (χ4n) is 1.89. The van der Waals surface area contributed by atoms with Crippen LogP contribution in [0, 0.1) is 0 Å². The molecule has 1 aromatic carbocycles. The second-order valence-corrected chi connectivity index (χ2v) is 3.76.